The van der Waals surface area contributed by atoms with Gasteiger partial charge in [-0.15, -0.1) is 0 Å². The van der Waals surface area contributed by atoms with Crippen LogP contribution >= 0.6 is 11.6 Å². The second kappa shape index (κ2) is 9.84. The van der Waals surface area contributed by atoms with Crippen LogP contribution < -0.4 is 10.1 Å². The van der Waals surface area contributed by atoms with Gasteiger partial charge in [-0.25, -0.2) is 4.98 Å². The first-order valence-corrected chi connectivity index (χ1v) is 10.1. The van der Waals surface area contributed by atoms with Gasteiger partial charge in [-0.3, -0.25) is 10.1 Å². The van der Waals surface area contributed by atoms with Crippen LogP contribution in [0.1, 0.15) is 5.56 Å². The topological polar surface area (TPSA) is 115 Å². The van der Waals surface area contributed by atoms with Crippen molar-refractivity contribution >= 4 is 40.2 Å². The molecule has 1 N–H and O–H groups in total. The number of hydrogen-bond acceptors (Lipinski definition) is 8. The molecule has 0 bridgehead atoms. The highest BCUT2D eigenvalue weighted by molar-refractivity contribution is 6.31. The number of anilines is 2. The summed E-state index contributed by atoms with van der Waals surface area (Å²) in [4.78, 5) is 19.1. The predicted octanol–water partition coefficient (Wildman–Crippen LogP) is 7.30. The van der Waals surface area contributed by atoms with Crippen molar-refractivity contribution < 1.29 is 9.66 Å². The quantitative estimate of drug-likeness (QED) is 0.176. The summed E-state index contributed by atoms with van der Waals surface area (Å²) in [7, 11) is 0. The third kappa shape index (κ3) is 5.46. The van der Waals surface area contributed by atoms with Gasteiger partial charge in [-0.2, -0.15) is 15.2 Å². The van der Waals surface area contributed by atoms with Crippen LogP contribution in [0.4, 0.5) is 28.6 Å². The molecule has 0 atom stereocenters. The normalized spacial score (nSPS) is 10.8. The first kappa shape index (κ1) is 21.8. The van der Waals surface area contributed by atoms with E-state index in [9.17, 15) is 10.1 Å². The number of rotatable bonds is 7. The molecule has 0 aliphatic carbocycles. The first-order chi connectivity index (χ1) is 16.0. The van der Waals surface area contributed by atoms with Crippen molar-refractivity contribution in [3.8, 4) is 11.6 Å². The largest absolute Gasteiger partial charge is 0.434 e. The summed E-state index contributed by atoms with van der Waals surface area (Å²) in [5.41, 5.74) is 2.32. The molecule has 0 fully saturated rings. The van der Waals surface area contributed by atoms with Crippen LogP contribution in [0, 0.1) is 17.0 Å². The first-order valence-electron chi connectivity index (χ1n) is 9.77. The van der Waals surface area contributed by atoms with Crippen LogP contribution in [-0.4, -0.2) is 14.9 Å². The Kier molecular flexibility index (Phi) is 6.51. The number of ether oxygens (including phenoxy) is 1. The van der Waals surface area contributed by atoms with Crippen LogP contribution in [0.25, 0.3) is 0 Å². The smallest absolute Gasteiger partial charge is 0.373 e. The average molecular weight is 461 g/mol. The van der Waals surface area contributed by atoms with Crippen molar-refractivity contribution in [3.05, 3.63) is 99.8 Å². The Balaban J connectivity index is 1.55. The third-order valence-corrected chi connectivity index (χ3v) is 4.91. The minimum absolute atomic E-state index is 0.00523. The fourth-order valence-electron chi connectivity index (χ4n) is 2.84. The van der Waals surface area contributed by atoms with E-state index >= 15 is 0 Å². The van der Waals surface area contributed by atoms with E-state index in [1.54, 1.807) is 49.4 Å². The van der Waals surface area contributed by atoms with Crippen LogP contribution in [0.2, 0.25) is 5.02 Å². The lowest BCUT2D eigenvalue weighted by molar-refractivity contribution is -0.385. The molecule has 4 aromatic rings. The lowest BCUT2D eigenvalue weighted by Gasteiger charge is -2.10. The molecule has 9 nitrogen and oxygen atoms in total. The molecule has 3 aromatic carbocycles. The molecular weight excluding hydrogens is 444 g/mol. The van der Waals surface area contributed by atoms with Gasteiger partial charge in [0.1, 0.15) is 12.1 Å². The fourth-order valence-corrected chi connectivity index (χ4v) is 2.96. The van der Waals surface area contributed by atoms with Gasteiger partial charge in [0.15, 0.2) is 0 Å². The van der Waals surface area contributed by atoms with Gasteiger partial charge in [0.05, 0.1) is 16.3 Å². The number of aromatic nitrogens is 2. The molecule has 0 saturated heterocycles. The summed E-state index contributed by atoms with van der Waals surface area (Å²) in [6.07, 6.45) is 1.19. The Labute approximate surface area is 193 Å². The lowest BCUT2D eigenvalue weighted by atomic mass is 10.2. The molecule has 1 heterocycles. The highest BCUT2D eigenvalue weighted by Crippen LogP contribution is 2.36. The number of nitrogens with zero attached hydrogens (tertiary/aromatic N) is 5. The summed E-state index contributed by atoms with van der Waals surface area (Å²) in [6.45, 7) is 1.81. The van der Waals surface area contributed by atoms with E-state index in [4.69, 9.17) is 16.3 Å². The van der Waals surface area contributed by atoms with Crippen molar-refractivity contribution in [2.24, 2.45) is 10.2 Å². The maximum absolute atomic E-state index is 11.8. The molecule has 4 rings (SSSR count). The molecule has 0 aliphatic heterocycles. The predicted molar refractivity (Wildman–Crippen MR) is 125 cm³/mol. The molecule has 0 amide bonds. The Hall–Kier alpha value is -4.37. The summed E-state index contributed by atoms with van der Waals surface area (Å²) < 4.78 is 5.66. The van der Waals surface area contributed by atoms with Crippen LogP contribution in [0.15, 0.2) is 89.4 Å². The minimum Gasteiger partial charge on any atom is -0.434 e. The van der Waals surface area contributed by atoms with Crippen LogP contribution in [0.5, 0.6) is 11.6 Å². The van der Waals surface area contributed by atoms with Crippen molar-refractivity contribution in [2.75, 3.05) is 5.32 Å². The monoisotopic (exact) mass is 460 g/mol. The summed E-state index contributed by atoms with van der Waals surface area (Å²) in [6, 6.07) is 21.2. The van der Waals surface area contributed by atoms with Gasteiger partial charge in [0.2, 0.25) is 5.82 Å². The van der Waals surface area contributed by atoms with Gasteiger partial charge in [0.25, 0.3) is 0 Å². The van der Waals surface area contributed by atoms with Crippen molar-refractivity contribution in [1.29, 1.82) is 0 Å². The molecule has 0 spiro atoms. The SMILES string of the molecule is Cc1cc(Oc2ncnc(Nc3ccc(N=Nc4ccccc4)cc3)c2[N+](=O)[O-])ccc1Cl. The standard InChI is InChI=1S/C23H17ClN6O3/c1-15-13-19(11-12-20(15)24)33-23-21(30(31)32)22(25-14-26-23)27-16-7-9-18(10-8-16)29-28-17-5-3-2-4-6-17/h2-14H,1H3,(H,25,26,27). The van der Waals surface area contributed by atoms with E-state index < -0.39 is 10.6 Å². The zero-order chi connectivity index (χ0) is 23.2. The Morgan fingerprint density at radius 3 is 2.33 bits per heavy atom. The van der Waals surface area contributed by atoms with Crippen molar-refractivity contribution in [3.63, 3.8) is 0 Å². The van der Waals surface area contributed by atoms with Crippen molar-refractivity contribution in [1.82, 2.24) is 9.97 Å². The fraction of sp³-hybridized carbons (Fsp3) is 0.0435. The summed E-state index contributed by atoms with van der Waals surface area (Å²) >= 11 is 6.03. The number of nitrogens with one attached hydrogen (secondary N) is 1. The van der Waals surface area contributed by atoms with Gasteiger partial charge in [-0.1, -0.05) is 29.8 Å². The van der Waals surface area contributed by atoms with Gasteiger partial charge < -0.3 is 10.1 Å². The van der Waals surface area contributed by atoms with Gasteiger partial charge >= 0.3 is 11.6 Å². The zero-order valence-corrected chi connectivity index (χ0v) is 18.1. The molecule has 0 saturated carbocycles. The molecule has 0 aliphatic rings. The number of halogens is 1. The maximum Gasteiger partial charge on any atom is 0.373 e. The van der Waals surface area contributed by atoms with E-state index in [0.29, 0.717) is 22.1 Å². The Morgan fingerprint density at radius 2 is 1.67 bits per heavy atom. The highest BCUT2D eigenvalue weighted by Gasteiger charge is 2.25. The molecule has 164 valence electrons. The maximum atomic E-state index is 11.8. The average Bonchev–Trinajstić information content (AvgIpc) is 2.82. The molecule has 0 unspecified atom stereocenters. The van der Waals surface area contributed by atoms with E-state index in [-0.39, 0.29) is 11.7 Å². The lowest BCUT2D eigenvalue weighted by Crippen LogP contribution is -2.03. The second-order valence-electron chi connectivity index (χ2n) is 6.85. The van der Waals surface area contributed by atoms with E-state index in [1.165, 1.54) is 6.33 Å². The number of nitro groups is 1. The van der Waals surface area contributed by atoms with E-state index in [2.05, 4.69) is 25.5 Å². The Bertz CT molecular complexity index is 1310. The van der Waals surface area contributed by atoms with Crippen molar-refractivity contribution in [2.45, 2.75) is 6.92 Å². The molecule has 33 heavy (non-hydrogen) atoms. The second-order valence-corrected chi connectivity index (χ2v) is 7.26. The summed E-state index contributed by atoms with van der Waals surface area (Å²) in [5.74, 6) is 0.180. The molecule has 0 radical (unpaired) electrons. The zero-order valence-electron chi connectivity index (χ0n) is 17.3. The van der Waals surface area contributed by atoms with Crippen LogP contribution in [0.3, 0.4) is 0 Å². The minimum atomic E-state index is -0.594. The molecule has 1 aromatic heterocycles. The number of aryl methyl sites for hydroxylation is 1. The van der Waals surface area contributed by atoms with E-state index in [0.717, 1.165) is 11.3 Å². The third-order valence-electron chi connectivity index (χ3n) is 4.48. The Morgan fingerprint density at radius 1 is 0.970 bits per heavy atom. The highest BCUT2D eigenvalue weighted by atomic mass is 35.5. The number of benzene rings is 3. The number of hydrogen-bond donors (Lipinski definition) is 1. The van der Waals surface area contributed by atoms with E-state index in [1.807, 2.05) is 30.3 Å². The molecular formula is C23H17ClN6O3. The summed E-state index contributed by atoms with van der Waals surface area (Å²) in [5, 5.41) is 23.6. The number of azo groups is 1. The van der Waals surface area contributed by atoms with Crippen LogP contribution in [-0.2, 0) is 0 Å². The van der Waals surface area contributed by atoms with Gasteiger partial charge in [0, 0.05) is 10.7 Å². The molecule has 10 heteroatoms. The van der Waals surface area contributed by atoms with Gasteiger partial charge in [-0.05, 0) is 67.1 Å².